The second-order valence-corrected chi connectivity index (χ2v) is 5.97. The molecule has 148 valence electrons. The Balaban J connectivity index is 0. The van der Waals surface area contributed by atoms with E-state index >= 15 is 0 Å². The molecular formula is C20H32O6. The molecule has 0 aliphatic rings. The normalized spacial score (nSPS) is 10.5. The molecule has 6 heteroatoms. The van der Waals surface area contributed by atoms with Crippen LogP contribution in [0.5, 0.6) is 0 Å². The Bertz CT molecular complexity index is 518. The minimum atomic E-state index is -0.432. The van der Waals surface area contributed by atoms with Crippen LogP contribution in [-0.4, -0.2) is 37.2 Å². The molecule has 0 rings (SSSR count). The first-order valence-electron chi connectivity index (χ1n) is 8.54. The van der Waals surface area contributed by atoms with Gasteiger partial charge in [-0.3, -0.25) is 0 Å². The van der Waals surface area contributed by atoms with Crippen molar-refractivity contribution in [1.82, 2.24) is 0 Å². The van der Waals surface area contributed by atoms with E-state index < -0.39 is 11.9 Å². The number of unbranched alkanes of at least 4 members (excludes halogenated alkanes) is 1. The van der Waals surface area contributed by atoms with E-state index in [-0.39, 0.29) is 18.7 Å². The molecule has 0 aromatic heterocycles. The lowest BCUT2D eigenvalue weighted by Gasteiger charge is -2.13. The summed E-state index contributed by atoms with van der Waals surface area (Å²) < 4.78 is 14.7. The van der Waals surface area contributed by atoms with Crippen LogP contribution in [0.15, 0.2) is 36.5 Å². The van der Waals surface area contributed by atoms with Crippen LogP contribution < -0.4 is 0 Å². The molecule has 0 aliphatic carbocycles. The van der Waals surface area contributed by atoms with Gasteiger partial charge in [0.25, 0.3) is 0 Å². The number of carbonyl (C=O) groups excluding carboxylic acids is 3. The van der Waals surface area contributed by atoms with Gasteiger partial charge in [0.1, 0.15) is 6.10 Å². The highest BCUT2D eigenvalue weighted by Gasteiger charge is 2.11. The monoisotopic (exact) mass is 368 g/mol. The lowest BCUT2D eigenvalue weighted by molar-refractivity contribution is -0.145. The van der Waals surface area contributed by atoms with Crippen molar-refractivity contribution in [3.8, 4) is 0 Å². The number of carbonyl (C=O) groups is 3. The van der Waals surface area contributed by atoms with Crippen molar-refractivity contribution >= 4 is 17.9 Å². The highest BCUT2D eigenvalue weighted by Crippen LogP contribution is 2.03. The zero-order valence-electron chi connectivity index (χ0n) is 16.7. The quantitative estimate of drug-likeness (QED) is 0.252. The third-order valence-electron chi connectivity index (χ3n) is 2.84. The average molecular weight is 368 g/mol. The fourth-order valence-electron chi connectivity index (χ4n) is 1.22. The second kappa shape index (κ2) is 14.9. The summed E-state index contributed by atoms with van der Waals surface area (Å²) in [6.45, 7) is 19.7. The summed E-state index contributed by atoms with van der Waals surface area (Å²) in [5.74, 6) is -1.15. The van der Waals surface area contributed by atoms with E-state index in [1.165, 1.54) is 0 Å². The fourth-order valence-corrected chi connectivity index (χ4v) is 1.22. The van der Waals surface area contributed by atoms with E-state index in [1.807, 2.05) is 0 Å². The molecule has 0 saturated carbocycles. The minimum Gasteiger partial charge on any atom is -0.462 e. The number of hydrogen-bond donors (Lipinski definition) is 0. The third kappa shape index (κ3) is 15.2. The molecule has 0 fully saturated rings. The Morgan fingerprint density at radius 2 is 1.23 bits per heavy atom. The van der Waals surface area contributed by atoms with E-state index in [4.69, 9.17) is 14.2 Å². The molecule has 0 aliphatic heterocycles. The van der Waals surface area contributed by atoms with E-state index in [0.717, 1.165) is 12.8 Å². The van der Waals surface area contributed by atoms with Crippen molar-refractivity contribution < 1.29 is 28.6 Å². The summed E-state index contributed by atoms with van der Waals surface area (Å²) in [7, 11) is 0. The molecule has 0 amide bonds. The predicted octanol–water partition coefficient (Wildman–Crippen LogP) is 3.91. The molecule has 0 aromatic carbocycles. The van der Waals surface area contributed by atoms with Crippen molar-refractivity contribution in [2.24, 2.45) is 0 Å². The molecule has 0 heterocycles. The Hall–Kier alpha value is -2.37. The van der Waals surface area contributed by atoms with Gasteiger partial charge < -0.3 is 14.2 Å². The summed E-state index contributed by atoms with van der Waals surface area (Å²) in [4.78, 5) is 32.8. The highest BCUT2D eigenvalue weighted by atomic mass is 16.6. The molecule has 0 N–H and O–H groups in total. The van der Waals surface area contributed by atoms with Gasteiger partial charge >= 0.3 is 17.9 Å². The van der Waals surface area contributed by atoms with Gasteiger partial charge in [-0.05, 0) is 34.1 Å². The Morgan fingerprint density at radius 3 is 1.62 bits per heavy atom. The third-order valence-corrected chi connectivity index (χ3v) is 2.84. The first kappa shape index (κ1) is 25.9. The molecule has 0 spiro atoms. The Morgan fingerprint density at radius 1 is 0.808 bits per heavy atom. The maximum Gasteiger partial charge on any atom is 0.333 e. The largest absolute Gasteiger partial charge is 0.462 e. The SMILES string of the molecule is C=C(C)C(=O)OCCC(C)OC(=O)C(=C)C.C=C(C)C(=O)OCCCC. The van der Waals surface area contributed by atoms with Gasteiger partial charge in [-0.15, -0.1) is 0 Å². The van der Waals surface area contributed by atoms with E-state index in [0.29, 0.717) is 29.7 Å². The maximum absolute atomic E-state index is 11.1. The molecule has 1 atom stereocenters. The van der Waals surface area contributed by atoms with Crippen LogP contribution in [0.25, 0.3) is 0 Å². The summed E-state index contributed by atoms with van der Waals surface area (Å²) in [6, 6.07) is 0. The van der Waals surface area contributed by atoms with Gasteiger partial charge in [-0.2, -0.15) is 0 Å². The fraction of sp³-hybridized carbons (Fsp3) is 0.550. The van der Waals surface area contributed by atoms with Gasteiger partial charge in [-0.25, -0.2) is 14.4 Å². The van der Waals surface area contributed by atoms with Crippen LogP contribution in [0.3, 0.4) is 0 Å². The van der Waals surface area contributed by atoms with Crippen molar-refractivity contribution in [3.05, 3.63) is 36.5 Å². The van der Waals surface area contributed by atoms with Crippen LogP contribution >= 0.6 is 0 Å². The molecule has 0 bridgehead atoms. The topological polar surface area (TPSA) is 78.9 Å². The second-order valence-electron chi connectivity index (χ2n) is 5.97. The molecule has 26 heavy (non-hydrogen) atoms. The lowest BCUT2D eigenvalue weighted by Crippen LogP contribution is -2.18. The molecule has 0 saturated heterocycles. The van der Waals surface area contributed by atoms with Crippen molar-refractivity contribution in [2.45, 2.75) is 60.0 Å². The average Bonchev–Trinajstić information content (AvgIpc) is 2.54. The van der Waals surface area contributed by atoms with Crippen molar-refractivity contribution in [2.75, 3.05) is 13.2 Å². The zero-order valence-corrected chi connectivity index (χ0v) is 16.7. The molecule has 0 radical (unpaired) electrons. The van der Waals surface area contributed by atoms with Gasteiger partial charge in [-0.1, -0.05) is 33.1 Å². The first-order chi connectivity index (χ1) is 12.0. The van der Waals surface area contributed by atoms with Crippen molar-refractivity contribution in [3.63, 3.8) is 0 Å². The van der Waals surface area contributed by atoms with Crippen LogP contribution in [0.4, 0.5) is 0 Å². The van der Waals surface area contributed by atoms with Gasteiger partial charge in [0.2, 0.25) is 0 Å². The molecular weight excluding hydrogens is 336 g/mol. The lowest BCUT2D eigenvalue weighted by atomic mass is 10.3. The molecule has 1 unspecified atom stereocenters. The highest BCUT2D eigenvalue weighted by molar-refractivity contribution is 5.87. The Kier molecular flexibility index (Phi) is 14.9. The van der Waals surface area contributed by atoms with Crippen LogP contribution in [0.2, 0.25) is 0 Å². The van der Waals surface area contributed by atoms with Crippen LogP contribution in [-0.2, 0) is 28.6 Å². The standard InChI is InChI=1S/C12H18O4.C8H14O2/c1-8(2)11(13)15-7-6-10(5)16-12(14)9(3)4;1-4-5-6-10-8(9)7(2)3/h10H,1,3,6-7H2,2,4-5H3;2,4-6H2,1,3H3. The summed E-state index contributed by atoms with van der Waals surface area (Å²) in [5.41, 5.74) is 1.17. The first-order valence-corrected chi connectivity index (χ1v) is 8.54. The van der Waals surface area contributed by atoms with Crippen LogP contribution in [0, 0.1) is 0 Å². The Labute approximate surface area is 156 Å². The van der Waals surface area contributed by atoms with Crippen LogP contribution in [0.1, 0.15) is 53.9 Å². The summed E-state index contributed by atoms with van der Waals surface area (Å²) in [6.07, 6.45) is 2.13. The summed E-state index contributed by atoms with van der Waals surface area (Å²) >= 11 is 0. The van der Waals surface area contributed by atoms with E-state index in [9.17, 15) is 14.4 Å². The maximum atomic E-state index is 11.1. The minimum absolute atomic E-state index is 0.205. The number of esters is 3. The van der Waals surface area contributed by atoms with E-state index in [1.54, 1.807) is 27.7 Å². The van der Waals surface area contributed by atoms with E-state index in [2.05, 4.69) is 26.7 Å². The number of hydrogen-bond acceptors (Lipinski definition) is 6. The van der Waals surface area contributed by atoms with Gasteiger partial charge in [0.05, 0.1) is 13.2 Å². The number of rotatable bonds is 10. The molecule has 6 nitrogen and oxygen atoms in total. The van der Waals surface area contributed by atoms with Gasteiger partial charge in [0.15, 0.2) is 0 Å². The summed E-state index contributed by atoms with van der Waals surface area (Å²) in [5, 5.41) is 0. The predicted molar refractivity (Wildman–Crippen MR) is 101 cm³/mol. The smallest absolute Gasteiger partial charge is 0.333 e. The zero-order chi connectivity index (χ0) is 20.7. The van der Waals surface area contributed by atoms with Gasteiger partial charge in [0, 0.05) is 23.1 Å². The van der Waals surface area contributed by atoms with Crippen molar-refractivity contribution in [1.29, 1.82) is 0 Å². The number of ether oxygens (including phenoxy) is 3. The molecule has 0 aromatic rings.